The van der Waals surface area contributed by atoms with Crippen molar-refractivity contribution in [2.45, 2.75) is 18.7 Å². The Morgan fingerprint density at radius 2 is 1.59 bits per heavy atom. The second-order valence-electron chi connectivity index (χ2n) is 6.88. The van der Waals surface area contributed by atoms with Gasteiger partial charge in [0.05, 0.1) is 17.4 Å². The van der Waals surface area contributed by atoms with Crippen molar-refractivity contribution < 1.29 is 22.7 Å². The number of aliphatic hydroxyl groups is 1. The van der Waals surface area contributed by atoms with Crippen molar-refractivity contribution >= 4 is 10.9 Å². The van der Waals surface area contributed by atoms with Crippen molar-refractivity contribution in [2.75, 3.05) is 0 Å². The molecule has 0 amide bonds. The Morgan fingerprint density at radius 3 is 2.24 bits per heavy atom. The van der Waals surface area contributed by atoms with Crippen LogP contribution in [0.5, 0.6) is 0 Å². The smallest absolute Gasteiger partial charge is 0.372 e. The summed E-state index contributed by atoms with van der Waals surface area (Å²) < 4.78 is 56.7. The highest BCUT2D eigenvalue weighted by molar-refractivity contribution is 5.81. The highest BCUT2D eigenvalue weighted by atomic mass is 19.4. The van der Waals surface area contributed by atoms with Gasteiger partial charge in [0, 0.05) is 5.39 Å². The van der Waals surface area contributed by atoms with Gasteiger partial charge in [0.15, 0.2) is 0 Å². The highest BCUT2D eigenvalue weighted by Gasteiger charge is 2.56. The molecular formula is C22H16F4N2O. The summed E-state index contributed by atoms with van der Waals surface area (Å²) in [6.45, 7) is 1.66. The van der Waals surface area contributed by atoms with Gasteiger partial charge in [0.1, 0.15) is 5.82 Å². The normalized spacial score (nSPS) is 14.1. The van der Waals surface area contributed by atoms with E-state index in [0.29, 0.717) is 22.2 Å². The zero-order valence-corrected chi connectivity index (χ0v) is 15.3. The Kier molecular flexibility index (Phi) is 4.42. The van der Waals surface area contributed by atoms with Crippen molar-refractivity contribution in [1.29, 1.82) is 0 Å². The average molecular weight is 400 g/mol. The van der Waals surface area contributed by atoms with Gasteiger partial charge in [-0.3, -0.25) is 0 Å². The summed E-state index contributed by atoms with van der Waals surface area (Å²) in [5.41, 5.74) is -2.01. The van der Waals surface area contributed by atoms with Gasteiger partial charge in [-0.05, 0) is 54.4 Å². The molecule has 0 aliphatic carbocycles. The van der Waals surface area contributed by atoms with Crippen molar-refractivity contribution in [3.05, 3.63) is 95.4 Å². The largest absolute Gasteiger partial charge is 0.425 e. The monoisotopic (exact) mass is 400 g/mol. The molecule has 7 heteroatoms. The molecule has 3 aromatic carbocycles. The number of hydrogen-bond acceptors (Lipinski definition) is 2. The first-order valence-electron chi connectivity index (χ1n) is 8.80. The van der Waals surface area contributed by atoms with Crippen molar-refractivity contribution in [3.8, 4) is 5.69 Å². The van der Waals surface area contributed by atoms with E-state index in [9.17, 15) is 22.7 Å². The maximum Gasteiger partial charge on any atom is 0.425 e. The Morgan fingerprint density at radius 1 is 0.897 bits per heavy atom. The van der Waals surface area contributed by atoms with E-state index in [1.807, 2.05) is 0 Å². The molecule has 1 N–H and O–H groups in total. The molecule has 0 radical (unpaired) electrons. The maximum absolute atomic E-state index is 14.0. The number of alkyl halides is 3. The average Bonchev–Trinajstić information content (AvgIpc) is 3.10. The number of fused-ring (bicyclic) bond motifs is 1. The lowest BCUT2D eigenvalue weighted by Gasteiger charge is -2.31. The summed E-state index contributed by atoms with van der Waals surface area (Å²) in [7, 11) is 0. The Labute approximate surface area is 163 Å². The lowest BCUT2D eigenvalue weighted by atomic mass is 9.84. The van der Waals surface area contributed by atoms with E-state index in [1.165, 1.54) is 71.5 Å². The first-order valence-corrected chi connectivity index (χ1v) is 8.80. The molecule has 1 unspecified atom stereocenters. The molecule has 3 nitrogen and oxygen atoms in total. The lowest BCUT2D eigenvalue weighted by molar-refractivity contribution is -0.248. The number of rotatable bonds is 3. The standard InChI is InChI=1S/C22H16F4N2O/c1-14-3-2-4-16(11-14)21(29,22(24,25)26)17-5-10-20-15(12-17)13-27-28(20)19-8-6-18(23)7-9-19/h2-13,29H,1H3. The van der Waals surface area contributed by atoms with Gasteiger partial charge in [-0.1, -0.05) is 35.9 Å². The molecule has 4 aromatic rings. The van der Waals surface area contributed by atoms with Gasteiger partial charge in [-0.15, -0.1) is 0 Å². The van der Waals surface area contributed by atoms with Crippen molar-refractivity contribution in [1.82, 2.24) is 9.78 Å². The number of aryl methyl sites for hydroxylation is 1. The van der Waals surface area contributed by atoms with Crippen molar-refractivity contribution in [3.63, 3.8) is 0 Å². The van der Waals surface area contributed by atoms with Gasteiger partial charge < -0.3 is 5.11 Å². The van der Waals surface area contributed by atoms with Crippen LogP contribution < -0.4 is 0 Å². The molecule has 0 spiro atoms. The fraction of sp³-hybridized carbons (Fsp3) is 0.136. The van der Waals surface area contributed by atoms with Crippen LogP contribution >= 0.6 is 0 Å². The summed E-state index contributed by atoms with van der Waals surface area (Å²) in [5.74, 6) is -0.402. The van der Waals surface area contributed by atoms with E-state index in [-0.39, 0.29) is 11.1 Å². The van der Waals surface area contributed by atoms with Crippen LogP contribution in [-0.4, -0.2) is 21.1 Å². The zero-order valence-electron chi connectivity index (χ0n) is 15.3. The maximum atomic E-state index is 14.0. The van der Waals surface area contributed by atoms with Gasteiger partial charge in [-0.25, -0.2) is 9.07 Å². The number of aromatic nitrogens is 2. The van der Waals surface area contributed by atoms with Crippen LogP contribution in [0.3, 0.4) is 0 Å². The number of benzene rings is 3. The molecule has 29 heavy (non-hydrogen) atoms. The van der Waals surface area contributed by atoms with E-state index in [4.69, 9.17) is 0 Å². The number of halogens is 4. The second-order valence-corrected chi connectivity index (χ2v) is 6.88. The Hall–Kier alpha value is -3.19. The van der Waals surface area contributed by atoms with Crippen LogP contribution in [0.25, 0.3) is 16.6 Å². The van der Waals surface area contributed by atoms with Gasteiger partial charge >= 0.3 is 6.18 Å². The fourth-order valence-electron chi connectivity index (χ4n) is 3.41. The molecule has 0 fully saturated rings. The van der Waals surface area contributed by atoms with Crippen LogP contribution in [0, 0.1) is 12.7 Å². The lowest BCUT2D eigenvalue weighted by Crippen LogP contribution is -2.43. The summed E-state index contributed by atoms with van der Waals surface area (Å²) >= 11 is 0. The summed E-state index contributed by atoms with van der Waals surface area (Å²) in [6, 6.07) is 15.3. The number of hydrogen-bond donors (Lipinski definition) is 1. The van der Waals surface area contributed by atoms with Gasteiger partial charge in [0.2, 0.25) is 5.60 Å². The van der Waals surface area contributed by atoms with E-state index in [1.54, 1.807) is 13.0 Å². The minimum absolute atomic E-state index is 0.254. The molecule has 0 aliphatic rings. The van der Waals surface area contributed by atoms with Crippen LogP contribution in [0.15, 0.2) is 72.9 Å². The van der Waals surface area contributed by atoms with Crippen LogP contribution in [0.2, 0.25) is 0 Å². The predicted octanol–water partition coefficient (Wildman–Crippen LogP) is 5.27. The molecule has 0 aliphatic heterocycles. The second kappa shape index (κ2) is 6.70. The molecule has 0 saturated carbocycles. The molecule has 0 bridgehead atoms. The summed E-state index contributed by atoms with van der Waals surface area (Å²) in [6.07, 6.45) is -3.52. The number of nitrogens with zero attached hydrogens (tertiary/aromatic N) is 2. The summed E-state index contributed by atoms with van der Waals surface area (Å²) in [4.78, 5) is 0. The quantitative estimate of drug-likeness (QED) is 0.476. The predicted molar refractivity (Wildman–Crippen MR) is 101 cm³/mol. The molecule has 4 rings (SSSR count). The van der Waals surface area contributed by atoms with Crippen LogP contribution in [0.1, 0.15) is 16.7 Å². The summed E-state index contributed by atoms with van der Waals surface area (Å²) in [5, 5.41) is 15.5. The Balaban J connectivity index is 1.87. The Bertz CT molecular complexity index is 1180. The SMILES string of the molecule is Cc1cccc(C(O)(c2ccc3c(cnn3-c3ccc(F)cc3)c2)C(F)(F)F)c1. The molecule has 1 aromatic heterocycles. The molecule has 1 heterocycles. The minimum atomic E-state index is -4.93. The first-order chi connectivity index (χ1) is 13.7. The molecule has 0 saturated heterocycles. The van der Waals surface area contributed by atoms with Gasteiger partial charge in [-0.2, -0.15) is 18.3 Å². The third kappa shape index (κ3) is 3.17. The molecule has 148 valence electrons. The molecule has 1 atom stereocenters. The van der Waals surface area contributed by atoms with Gasteiger partial charge in [0.25, 0.3) is 0 Å². The third-order valence-corrected chi connectivity index (χ3v) is 4.90. The minimum Gasteiger partial charge on any atom is -0.372 e. The third-order valence-electron chi connectivity index (χ3n) is 4.90. The van der Waals surface area contributed by atoms with E-state index in [2.05, 4.69) is 5.10 Å². The van der Waals surface area contributed by atoms with E-state index < -0.39 is 17.6 Å². The van der Waals surface area contributed by atoms with Crippen LogP contribution in [0.4, 0.5) is 17.6 Å². The molecular weight excluding hydrogens is 384 g/mol. The van der Waals surface area contributed by atoms with Crippen molar-refractivity contribution in [2.24, 2.45) is 0 Å². The first kappa shape index (κ1) is 19.1. The fourth-order valence-corrected chi connectivity index (χ4v) is 3.41. The highest BCUT2D eigenvalue weighted by Crippen LogP contribution is 2.45. The van der Waals surface area contributed by atoms with E-state index >= 15 is 0 Å². The van der Waals surface area contributed by atoms with Crippen LogP contribution in [-0.2, 0) is 5.60 Å². The topological polar surface area (TPSA) is 38.1 Å². The van der Waals surface area contributed by atoms with E-state index in [0.717, 1.165) is 0 Å². The zero-order chi connectivity index (χ0) is 20.8.